The minimum absolute atomic E-state index is 0.00834. The summed E-state index contributed by atoms with van der Waals surface area (Å²) in [6.07, 6.45) is 4.40. The number of hydrogen-bond donors (Lipinski definition) is 1. The highest BCUT2D eigenvalue weighted by Gasteiger charge is 2.39. The SMILES string of the molecule is CO[Si](C)(CCOC1CO1)O[Si](C)(C)CCC1CCC(O)C(C)C1. The molecule has 7 heteroatoms. The number of rotatable bonds is 10. The molecular weight excluding hydrogens is 340 g/mol. The van der Waals surface area contributed by atoms with Gasteiger partial charge in [-0.05, 0) is 56.8 Å². The van der Waals surface area contributed by atoms with E-state index >= 15 is 0 Å². The van der Waals surface area contributed by atoms with E-state index < -0.39 is 16.9 Å². The molecule has 5 atom stereocenters. The van der Waals surface area contributed by atoms with Gasteiger partial charge in [0.05, 0.1) is 12.7 Å². The second-order valence-electron chi connectivity index (χ2n) is 8.35. The van der Waals surface area contributed by atoms with Crippen LogP contribution >= 0.6 is 0 Å². The summed E-state index contributed by atoms with van der Waals surface area (Å²) in [5.74, 6) is 1.18. The van der Waals surface area contributed by atoms with Crippen LogP contribution in [-0.4, -0.2) is 54.7 Å². The van der Waals surface area contributed by atoms with Gasteiger partial charge in [-0.1, -0.05) is 13.3 Å². The van der Waals surface area contributed by atoms with Crippen molar-refractivity contribution in [3.05, 3.63) is 0 Å². The molecule has 1 N–H and O–H groups in total. The van der Waals surface area contributed by atoms with Gasteiger partial charge in [0.2, 0.25) is 0 Å². The van der Waals surface area contributed by atoms with Crippen molar-refractivity contribution in [1.82, 2.24) is 0 Å². The minimum Gasteiger partial charge on any atom is -0.436 e. The molecule has 1 saturated carbocycles. The molecule has 1 saturated heterocycles. The summed E-state index contributed by atoms with van der Waals surface area (Å²) in [6, 6.07) is 2.02. The van der Waals surface area contributed by atoms with Gasteiger partial charge < -0.3 is 23.1 Å². The third-order valence-electron chi connectivity index (χ3n) is 5.47. The van der Waals surface area contributed by atoms with E-state index in [1.54, 1.807) is 7.11 Å². The summed E-state index contributed by atoms with van der Waals surface area (Å²) in [6.45, 7) is 10.3. The Balaban J connectivity index is 1.75. The second kappa shape index (κ2) is 8.75. The average molecular weight is 377 g/mol. The maximum atomic E-state index is 9.89. The third kappa shape index (κ3) is 6.86. The molecule has 0 aromatic heterocycles. The first-order chi connectivity index (χ1) is 11.2. The lowest BCUT2D eigenvalue weighted by Crippen LogP contribution is -2.49. The lowest BCUT2D eigenvalue weighted by Gasteiger charge is -2.37. The standard InChI is InChI=1S/C17H36O5Si2/c1-14-12-15(6-7-16(14)18)8-10-23(3,4)22-24(5,19-2)11-9-20-17-13-21-17/h14-18H,6-13H2,1-5H3. The zero-order valence-corrected chi connectivity index (χ0v) is 18.0. The Morgan fingerprint density at radius 2 is 1.88 bits per heavy atom. The highest BCUT2D eigenvalue weighted by atomic mass is 28.4. The van der Waals surface area contributed by atoms with Crippen molar-refractivity contribution in [2.75, 3.05) is 20.3 Å². The Hall–Kier alpha value is 0.234. The van der Waals surface area contributed by atoms with Crippen molar-refractivity contribution in [2.24, 2.45) is 11.8 Å². The number of aliphatic hydroxyl groups excluding tert-OH is 1. The predicted molar refractivity (Wildman–Crippen MR) is 99.6 cm³/mol. The smallest absolute Gasteiger partial charge is 0.326 e. The van der Waals surface area contributed by atoms with Crippen molar-refractivity contribution >= 4 is 16.9 Å². The topological polar surface area (TPSA) is 60.5 Å². The molecule has 0 aromatic carbocycles. The van der Waals surface area contributed by atoms with Gasteiger partial charge in [-0.3, -0.25) is 0 Å². The molecule has 0 amide bonds. The molecule has 5 nitrogen and oxygen atoms in total. The molecule has 0 spiro atoms. The molecular formula is C17H36O5Si2. The summed E-state index contributed by atoms with van der Waals surface area (Å²) >= 11 is 0. The molecule has 0 bridgehead atoms. The Bertz CT molecular complexity index is 391. The van der Waals surface area contributed by atoms with Crippen LogP contribution in [0.15, 0.2) is 0 Å². The normalized spacial score (nSPS) is 33.2. The van der Waals surface area contributed by atoms with Crippen molar-refractivity contribution in [1.29, 1.82) is 0 Å². The van der Waals surface area contributed by atoms with Gasteiger partial charge in [0.1, 0.15) is 6.61 Å². The van der Waals surface area contributed by atoms with Crippen LogP contribution in [0.3, 0.4) is 0 Å². The summed E-state index contributed by atoms with van der Waals surface area (Å²) < 4.78 is 23.1. The van der Waals surface area contributed by atoms with E-state index in [2.05, 4.69) is 26.6 Å². The fourth-order valence-electron chi connectivity index (χ4n) is 3.65. The Kier molecular flexibility index (Phi) is 7.49. The average Bonchev–Trinajstić information content (AvgIpc) is 3.32. The maximum Gasteiger partial charge on any atom is 0.326 e. The van der Waals surface area contributed by atoms with Crippen LogP contribution < -0.4 is 0 Å². The molecule has 24 heavy (non-hydrogen) atoms. The van der Waals surface area contributed by atoms with Crippen LogP contribution in [0, 0.1) is 11.8 Å². The number of aliphatic hydroxyl groups is 1. The van der Waals surface area contributed by atoms with Crippen molar-refractivity contribution in [2.45, 2.75) is 76.7 Å². The van der Waals surface area contributed by atoms with E-state index in [1.807, 2.05) is 0 Å². The quantitative estimate of drug-likeness (QED) is 0.467. The van der Waals surface area contributed by atoms with E-state index in [4.69, 9.17) is 18.0 Å². The fourth-order valence-corrected chi connectivity index (χ4v) is 11.3. The zero-order chi connectivity index (χ0) is 17.8. The van der Waals surface area contributed by atoms with Crippen LogP contribution in [0.25, 0.3) is 0 Å². The van der Waals surface area contributed by atoms with E-state index in [0.29, 0.717) is 12.5 Å². The molecule has 0 aromatic rings. The first kappa shape index (κ1) is 20.5. The number of epoxide rings is 1. The molecule has 0 radical (unpaired) electrons. The summed E-state index contributed by atoms with van der Waals surface area (Å²) in [4.78, 5) is 0. The highest BCUT2D eigenvalue weighted by molar-refractivity contribution is 6.82. The van der Waals surface area contributed by atoms with E-state index in [9.17, 15) is 5.11 Å². The fraction of sp³-hybridized carbons (Fsp3) is 1.00. The monoisotopic (exact) mass is 376 g/mol. The maximum absolute atomic E-state index is 9.89. The zero-order valence-electron chi connectivity index (χ0n) is 16.0. The van der Waals surface area contributed by atoms with Crippen LogP contribution in [0.5, 0.6) is 0 Å². The lowest BCUT2D eigenvalue weighted by atomic mass is 9.79. The Morgan fingerprint density at radius 1 is 1.17 bits per heavy atom. The summed E-state index contributed by atoms with van der Waals surface area (Å²) in [5.41, 5.74) is 0. The van der Waals surface area contributed by atoms with Crippen molar-refractivity contribution < 1.29 is 23.1 Å². The molecule has 142 valence electrons. The van der Waals surface area contributed by atoms with Gasteiger partial charge in [0.15, 0.2) is 14.6 Å². The van der Waals surface area contributed by atoms with Gasteiger partial charge in [-0.15, -0.1) is 0 Å². The molecule has 1 aliphatic carbocycles. The molecule has 1 heterocycles. The van der Waals surface area contributed by atoms with Gasteiger partial charge in [-0.25, -0.2) is 0 Å². The van der Waals surface area contributed by atoms with Crippen molar-refractivity contribution in [3.63, 3.8) is 0 Å². The number of ether oxygens (including phenoxy) is 2. The first-order valence-electron chi connectivity index (χ1n) is 9.39. The largest absolute Gasteiger partial charge is 0.436 e. The summed E-state index contributed by atoms with van der Waals surface area (Å²) in [5, 5.41) is 9.89. The molecule has 5 unspecified atom stereocenters. The van der Waals surface area contributed by atoms with Gasteiger partial charge in [-0.2, -0.15) is 0 Å². The second-order valence-corrected chi connectivity index (χ2v) is 16.4. The number of hydrogen-bond acceptors (Lipinski definition) is 5. The van der Waals surface area contributed by atoms with E-state index in [1.165, 1.54) is 12.5 Å². The van der Waals surface area contributed by atoms with Crippen LogP contribution in [0.1, 0.15) is 32.6 Å². The van der Waals surface area contributed by atoms with E-state index in [0.717, 1.165) is 37.8 Å². The Labute approximate surface area is 149 Å². The Morgan fingerprint density at radius 3 is 2.46 bits per heavy atom. The molecule has 1 aliphatic heterocycles. The predicted octanol–water partition coefficient (Wildman–Crippen LogP) is 3.49. The van der Waals surface area contributed by atoms with Gasteiger partial charge in [0.25, 0.3) is 0 Å². The molecule has 2 aliphatic rings. The minimum atomic E-state index is -2.17. The molecule has 2 fully saturated rings. The summed E-state index contributed by atoms with van der Waals surface area (Å²) in [7, 11) is -2.15. The van der Waals surface area contributed by atoms with Crippen LogP contribution in [0.4, 0.5) is 0 Å². The third-order valence-corrected chi connectivity index (χ3v) is 12.9. The molecule has 2 rings (SSSR count). The van der Waals surface area contributed by atoms with Crippen molar-refractivity contribution in [3.8, 4) is 0 Å². The van der Waals surface area contributed by atoms with Crippen LogP contribution in [-0.2, 0) is 18.0 Å². The van der Waals surface area contributed by atoms with Crippen LogP contribution in [0.2, 0.25) is 31.7 Å². The van der Waals surface area contributed by atoms with Gasteiger partial charge in [0, 0.05) is 13.2 Å². The van der Waals surface area contributed by atoms with Gasteiger partial charge >= 0.3 is 8.56 Å². The van der Waals surface area contributed by atoms with E-state index in [-0.39, 0.29) is 12.4 Å². The first-order valence-corrected chi connectivity index (χ1v) is 15.0. The lowest BCUT2D eigenvalue weighted by molar-refractivity contribution is 0.0554. The highest BCUT2D eigenvalue weighted by Crippen LogP contribution is 2.34.